The summed E-state index contributed by atoms with van der Waals surface area (Å²) in [6.45, 7) is 8.47. The lowest BCUT2D eigenvalue weighted by atomic mass is 9.78. The summed E-state index contributed by atoms with van der Waals surface area (Å²) in [7, 11) is 0. The SMILES string of the molecule is Cc1cc(N)ccc1-c1cc(C(c2ccc(-c3ccccc3)cc2)c2c(N)ccc(-c3ccc(N)cc3C)c2C)c(N)cc1C. The molecule has 45 heavy (non-hydrogen) atoms. The molecule has 8 N–H and O–H groups in total. The zero-order valence-corrected chi connectivity index (χ0v) is 26.4. The molecule has 0 amide bonds. The first-order valence-electron chi connectivity index (χ1n) is 15.3. The van der Waals surface area contributed by atoms with Crippen LogP contribution < -0.4 is 22.9 Å². The second-order valence-corrected chi connectivity index (χ2v) is 12.1. The van der Waals surface area contributed by atoms with E-state index in [9.17, 15) is 0 Å². The van der Waals surface area contributed by atoms with Crippen LogP contribution in [0.2, 0.25) is 0 Å². The lowest BCUT2D eigenvalue weighted by Gasteiger charge is -2.27. The molecule has 0 aromatic heterocycles. The molecule has 0 aliphatic rings. The Kier molecular flexibility index (Phi) is 7.82. The zero-order chi connectivity index (χ0) is 31.8. The van der Waals surface area contributed by atoms with Crippen LogP contribution >= 0.6 is 0 Å². The van der Waals surface area contributed by atoms with Gasteiger partial charge in [-0.2, -0.15) is 0 Å². The summed E-state index contributed by atoms with van der Waals surface area (Å²) in [4.78, 5) is 0. The van der Waals surface area contributed by atoms with Crippen LogP contribution in [0.25, 0.3) is 33.4 Å². The average Bonchev–Trinajstić information content (AvgIpc) is 3.01. The van der Waals surface area contributed by atoms with Gasteiger partial charge in [-0.05, 0) is 142 Å². The minimum absolute atomic E-state index is 0.211. The topological polar surface area (TPSA) is 104 Å². The van der Waals surface area contributed by atoms with Crippen LogP contribution in [0.5, 0.6) is 0 Å². The molecule has 4 heteroatoms. The van der Waals surface area contributed by atoms with Gasteiger partial charge in [-0.3, -0.25) is 0 Å². The van der Waals surface area contributed by atoms with Crippen molar-refractivity contribution in [2.24, 2.45) is 0 Å². The highest BCUT2D eigenvalue weighted by Crippen LogP contribution is 2.45. The maximum absolute atomic E-state index is 6.94. The summed E-state index contributed by atoms with van der Waals surface area (Å²) in [5.74, 6) is -0.211. The predicted octanol–water partition coefficient (Wildman–Crippen LogP) is 9.43. The second-order valence-electron chi connectivity index (χ2n) is 12.1. The number of rotatable bonds is 6. The first kappa shape index (κ1) is 29.6. The van der Waals surface area contributed by atoms with Crippen LogP contribution in [0.1, 0.15) is 44.9 Å². The molecular formula is C41H40N4. The van der Waals surface area contributed by atoms with Crippen molar-refractivity contribution in [3.05, 3.63) is 154 Å². The van der Waals surface area contributed by atoms with Gasteiger partial charge in [0, 0.05) is 28.7 Å². The number of nitrogens with two attached hydrogens (primary N) is 4. The van der Waals surface area contributed by atoms with Crippen molar-refractivity contribution in [1.29, 1.82) is 0 Å². The van der Waals surface area contributed by atoms with Gasteiger partial charge >= 0.3 is 0 Å². The van der Waals surface area contributed by atoms with Crippen molar-refractivity contribution >= 4 is 22.7 Å². The van der Waals surface area contributed by atoms with E-state index < -0.39 is 0 Å². The van der Waals surface area contributed by atoms with E-state index in [-0.39, 0.29) is 5.92 Å². The fourth-order valence-electron chi connectivity index (χ4n) is 6.69. The largest absolute Gasteiger partial charge is 0.399 e. The van der Waals surface area contributed by atoms with Crippen molar-refractivity contribution in [3.63, 3.8) is 0 Å². The molecule has 0 aliphatic heterocycles. The Balaban J connectivity index is 1.60. The summed E-state index contributed by atoms with van der Waals surface area (Å²) in [5, 5.41) is 0. The fourth-order valence-corrected chi connectivity index (χ4v) is 6.69. The van der Waals surface area contributed by atoms with E-state index in [1.807, 2.05) is 36.4 Å². The molecule has 0 bridgehead atoms. The highest BCUT2D eigenvalue weighted by molar-refractivity contribution is 5.80. The molecule has 1 atom stereocenters. The Morgan fingerprint density at radius 2 is 0.978 bits per heavy atom. The lowest BCUT2D eigenvalue weighted by molar-refractivity contribution is 0.970. The van der Waals surface area contributed by atoms with Crippen molar-refractivity contribution in [1.82, 2.24) is 0 Å². The molecule has 0 fully saturated rings. The Hall–Kier alpha value is -5.48. The van der Waals surface area contributed by atoms with Crippen LogP contribution in [0.4, 0.5) is 22.7 Å². The predicted molar refractivity (Wildman–Crippen MR) is 193 cm³/mol. The van der Waals surface area contributed by atoms with Gasteiger partial charge in [0.05, 0.1) is 0 Å². The van der Waals surface area contributed by atoms with Crippen LogP contribution in [0.3, 0.4) is 0 Å². The van der Waals surface area contributed by atoms with Crippen molar-refractivity contribution in [3.8, 4) is 33.4 Å². The molecule has 0 heterocycles. The van der Waals surface area contributed by atoms with Crippen molar-refractivity contribution < 1.29 is 0 Å². The van der Waals surface area contributed by atoms with Gasteiger partial charge in [-0.1, -0.05) is 72.8 Å². The van der Waals surface area contributed by atoms with Gasteiger partial charge in [0.2, 0.25) is 0 Å². The molecule has 0 saturated heterocycles. The monoisotopic (exact) mass is 588 g/mol. The summed E-state index contributed by atoms with van der Waals surface area (Å²) < 4.78 is 0. The molecule has 224 valence electrons. The Bertz CT molecular complexity index is 2030. The lowest BCUT2D eigenvalue weighted by Crippen LogP contribution is -2.12. The Labute approximate surface area is 266 Å². The number of aryl methyl sites for hydroxylation is 3. The van der Waals surface area contributed by atoms with Crippen LogP contribution in [0.15, 0.2) is 115 Å². The number of nitrogen functional groups attached to an aromatic ring is 4. The van der Waals surface area contributed by atoms with Crippen LogP contribution in [-0.2, 0) is 0 Å². The molecule has 6 aromatic carbocycles. The quantitative estimate of drug-likeness (QED) is 0.115. The number of anilines is 4. The minimum atomic E-state index is -0.211. The standard InChI is InChI=1S/C41H40N4/c1-24-20-31(42)14-16-33(24)35-18-19-38(44)40(27(35)4)41(30-12-10-29(11-13-30)28-8-6-5-7-9-28)37-23-36(26(3)22-39(37)45)34-17-15-32(43)21-25(34)2/h5-23,41H,42-45H2,1-4H3. The first-order valence-corrected chi connectivity index (χ1v) is 15.3. The minimum Gasteiger partial charge on any atom is -0.399 e. The van der Waals surface area contributed by atoms with Crippen LogP contribution in [0, 0.1) is 27.7 Å². The van der Waals surface area contributed by atoms with E-state index >= 15 is 0 Å². The number of benzene rings is 6. The molecule has 0 aliphatic carbocycles. The van der Waals surface area contributed by atoms with Gasteiger partial charge in [-0.15, -0.1) is 0 Å². The Morgan fingerprint density at radius 3 is 1.58 bits per heavy atom. The third kappa shape index (κ3) is 5.63. The van der Waals surface area contributed by atoms with E-state index in [2.05, 4.69) is 107 Å². The van der Waals surface area contributed by atoms with Gasteiger partial charge < -0.3 is 22.9 Å². The number of hydrogen-bond donors (Lipinski definition) is 4. The summed E-state index contributed by atoms with van der Waals surface area (Å²) in [5.41, 5.74) is 43.6. The molecule has 1 unspecified atom stereocenters. The maximum atomic E-state index is 6.94. The van der Waals surface area contributed by atoms with Crippen molar-refractivity contribution in [2.45, 2.75) is 33.6 Å². The Morgan fingerprint density at radius 1 is 0.444 bits per heavy atom. The second kappa shape index (κ2) is 11.9. The van der Waals surface area contributed by atoms with Gasteiger partial charge in [0.1, 0.15) is 0 Å². The van der Waals surface area contributed by atoms with Crippen molar-refractivity contribution in [2.75, 3.05) is 22.9 Å². The van der Waals surface area contributed by atoms with E-state index in [0.717, 1.165) is 89.5 Å². The smallest absolute Gasteiger partial charge is 0.0383 e. The van der Waals surface area contributed by atoms with Gasteiger partial charge in [0.15, 0.2) is 0 Å². The molecule has 6 aromatic rings. The molecule has 4 nitrogen and oxygen atoms in total. The maximum Gasteiger partial charge on any atom is 0.0383 e. The van der Waals surface area contributed by atoms with Crippen LogP contribution in [-0.4, -0.2) is 0 Å². The van der Waals surface area contributed by atoms with Gasteiger partial charge in [-0.25, -0.2) is 0 Å². The fraction of sp³-hybridized carbons (Fsp3) is 0.122. The van der Waals surface area contributed by atoms with E-state index in [4.69, 9.17) is 22.9 Å². The summed E-state index contributed by atoms with van der Waals surface area (Å²) in [6.07, 6.45) is 0. The molecule has 0 spiro atoms. The number of hydrogen-bond acceptors (Lipinski definition) is 4. The van der Waals surface area contributed by atoms with E-state index in [1.54, 1.807) is 0 Å². The average molecular weight is 589 g/mol. The summed E-state index contributed by atoms with van der Waals surface area (Å²) >= 11 is 0. The third-order valence-corrected chi connectivity index (χ3v) is 9.01. The summed E-state index contributed by atoms with van der Waals surface area (Å²) in [6, 6.07) is 39.8. The first-order chi connectivity index (χ1) is 21.6. The molecule has 0 saturated carbocycles. The van der Waals surface area contributed by atoms with Gasteiger partial charge in [0.25, 0.3) is 0 Å². The zero-order valence-electron chi connectivity index (χ0n) is 26.4. The normalized spacial score (nSPS) is 11.8. The molecule has 6 rings (SSSR count). The molecule has 0 radical (unpaired) electrons. The van der Waals surface area contributed by atoms with E-state index in [0.29, 0.717) is 0 Å². The highest BCUT2D eigenvalue weighted by Gasteiger charge is 2.26. The third-order valence-electron chi connectivity index (χ3n) is 9.01. The highest BCUT2D eigenvalue weighted by atomic mass is 14.6. The molecular weight excluding hydrogens is 548 g/mol. The van der Waals surface area contributed by atoms with E-state index in [1.165, 1.54) is 5.56 Å².